The summed E-state index contributed by atoms with van der Waals surface area (Å²) in [6.45, 7) is 2.09. The number of hydrogen-bond acceptors (Lipinski definition) is 1. The van der Waals surface area contributed by atoms with Crippen LogP contribution in [0.4, 0.5) is 0 Å². The highest BCUT2D eigenvalue weighted by atomic mass is 35.5. The van der Waals surface area contributed by atoms with Crippen molar-refractivity contribution >= 4 is 23.2 Å². The van der Waals surface area contributed by atoms with Crippen LogP contribution in [0.25, 0.3) is 0 Å². The van der Waals surface area contributed by atoms with Crippen molar-refractivity contribution in [2.24, 2.45) is 0 Å². The molecule has 1 heterocycles. The van der Waals surface area contributed by atoms with Gasteiger partial charge >= 0.3 is 0 Å². The maximum atomic E-state index is 5.86. The quantitative estimate of drug-likeness (QED) is 0.696. The van der Waals surface area contributed by atoms with E-state index in [4.69, 9.17) is 23.2 Å². The fourth-order valence-corrected chi connectivity index (χ4v) is 1.34. The highest BCUT2D eigenvalue weighted by Crippen LogP contribution is 2.19. The Morgan fingerprint density at radius 3 is 2.73 bits per heavy atom. The highest BCUT2D eigenvalue weighted by molar-refractivity contribution is 6.34. The molecule has 1 nitrogen and oxygen atoms in total. The molecule has 0 radical (unpaired) electrons. The molecule has 0 bridgehead atoms. The van der Waals surface area contributed by atoms with E-state index in [0.717, 1.165) is 18.5 Å². The van der Waals surface area contributed by atoms with Crippen LogP contribution in [-0.2, 0) is 6.42 Å². The molecule has 0 aliphatic carbocycles. The molecule has 1 aromatic heterocycles. The van der Waals surface area contributed by atoms with Gasteiger partial charge in [0.05, 0.1) is 15.7 Å². The van der Waals surface area contributed by atoms with Gasteiger partial charge in [0, 0.05) is 6.20 Å². The predicted octanol–water partition coefficient (Wildman–Crippen LogP) is 3.34. The van der Waals surface area contributed by atoms with E-state index in [2.05, 4.69) is 11.9 Å². The molecule has 0 N–H and O–H groups in total. The molecule has 1 aromatic rings. The van der Waals surface area contributed by atoms with Gasteiger partial charge in [-0.25, -0.2) is 0 Å². The van der Waals surface area contributed by atoms with Crippen LogP contribution in [0.2, 0.25) is 10.0 Å². The Balaban J connectivity index is 2.90. The largest absolute Gasteiger partial charge is 0.258 e. The van der Waals surface area contributed by atoms with E-state index in [1.807, 2.05) is 0 Å². The summed E-state index contributed by atoms with van der Waals surface area (Å²) in [6, 6.07) is 1.72. The summed E-state index contributed by atoms with van der Waals surface area (Å²) in [5, 5.41) is 1.26. The molecule has 0 unspecified atom stereocenters. The molecule has 0 aromatic carbocycles. The third-order valence-electron chi connectivity index (χ3n) is 1.37. The van der Waals surface area contributed by atoms with Crippen molar-refractivity contribution in [2.75, 3.05) is 0 Å². The molecule has 0 spiro atoms. The van der Waals surface area contributed by atoms with Crippen LogP contribution in [0, 0.1) is 0 Å². The zero-order valence-corrected chi connectivity index (χ0v) is 7.78. The van der Waals surface area contributed by atoms with Crippen LogP contribution >= 0.6 is 23.2 Å². The highest BCUT2D eigenvalue weighted by Gasteiger charge is 2.00. The second kappa shape index (κ2) is 3.93. The van der Waals surface area contributed by atoms with Crippen molar-refractivity contribution in [3.8, 4) is 0 Å². The van der Waals surface area contributed by atoms with Crippen molar-refractivity contribution in [1.82, 2.24) is 4.98 Å². The van der Waals surface area contributed by atoms with Gasteiger partial charge < -0.3 is 0 Å². The number of hydrogen-bond donors (Lipinski definition) is 0. The number of halogens is 2. The van der Waals surface area contributed by atoms with Gasteiger partial charge in [-0.15, -0.1) is 0 Å². The minimum absolute atomic E-state index is 0.592. The van der Waals surface area contributed by atoms with Gasteiger partial charge in [0.15, 0.2) is 0 Å². The molecule has 0 saturated heterocycles. The molecule has 0 aliphatic heterocycles. The molecule has 0 amide bonds. The van der Waals surface area contributed by atoms with Crippen LogP contribution in [-0.4, -0.2) is 4.98 Å². The van der Waals surface area contributed by atoms with Crippen molar-refractivity contribution in [3.63, 3.8) is 0 Å². The zero-order valence-electron chi connectivity index (χ0n) is 6.27. The fraction of sp³-hybridized carbons (Fsp3) is 0.375. The maximum Gasteiger partial charge on any atom is 0.0636 e. The van der Waals surface area contributed by atoms with E-state index in [0.29, 0.717) is 10.0 Å². The van der Waals surface area contributed by atoms with Crippen LogP contribution < -0.4 is 0 Å². The molecule has 0 aliphatic rings. The Labute approximate surface area is 76.4 Å². The van der Waals surface area contributed by atoms with Crippen LogP contribution in [0.5, 0.6) is 0 Å². The molecule has 0 saturated carbocycles. The maximum absolute atomic E-state index is 5.86. The van der Waals surface area contributed by atoms with Gasteiger partial charge in [0.1, 0.15) is 0 Å². The first-order chi connectivity index (χ1) is 5.24. The lowest BCUT2D eigenvalue weighted by Crippen LogP contribution is -1.89. The number of nitrogens with zero attached hydrogens (tertiary/aromatic N) is 1. The first-order valence-corrected chi connectivity index (χ1v) is 4.29. The molecule has 1 rings (SSSR count). The molecule has 3 heteroatoms. The van der Waals surface area contributed by atoms with Gasteiger partial charge in [0.2, 0.25) is 0 Å². The standard InChI is InChI=1S/C8H9Cl2N/c1-2-3-8-7(10)4-6(9)5-11-8/h4-5H,2-3H2,1H3. The van der Waals surface area contributed by atoms with E-state index in [-0.39, 0.29) is 0 Å². The second-order valence-corrected chi connectivity index (χ2v) is 3.18. The van der Waals surface area contributed by atoms with Crippen molar-refractivity contribution < 1.29 is 0 Å². The van der Waals surface area contributed by atoms with Crippen molar-refractivity contribution in [3.05, 3.63) is 28.0 Å². The van der Waals surface area contributed by atoms with E-state index >= 15 is 0 Å². The summed E-state index contributed by atoms with van der Waals surface area (Å²) in [6.07, 6.45) is 3.59. The Bertz CT molecular complexity index is 248. The molecule has 0 atom stereocenters. The van der Waals surface area contributed by atoms with E-state index in [1.165, 1.54) is 0 Å². The van der Waals surface area contributed by atoms with E-state index < -0.39 is 0 Å². The molecular weight excluding hydrogens is 181 g/mol. The molecule has 11 heavy (non-hydrogen) atoms. The number of aromatic nitrogens is 1. The van der Waals surface area contributed by atoms with E-state index in [1.54, 1.807) is 12.3 Å². The average Bonchev–Trinajstić information content (AvgIpc) is 1.95. The zero-order chi connectivity index (χ0) is 8.27. The van der Waals surface area contributed by atoms with Crippen molar-refractivity contribution in [2.45, 2.75) is 19.8 Å². The Morgan fingerprint density at radius 2 is 2.18 bits per heavy atom. The Kier molecular flexibility index (Phi) is 3.16. The third-order valence-corrected chi connectivity index (χ3v) is 1.90. The van der Waals surface area contributed by atoms with E-state index in [9.17, 15) is 0 Å². The summed E-state index contributed by atoms with van der Waals surface area (Å²) in [4.78, 5) is 4.10. The van der Waals surface area contributed by atoms with Gasteiger partial charge in [-0.3, -0.25) is 4.98 Å². The summed E-state index contributed by atoms with van der Waals surface area (Å²) >= 11 is 11.5. The minimum atomic E-state index is 0.592. The lowest BCUT2D eigenvalue weighted by molar-refractivity contribution is 0.883. The smallest absolute Gasteiger partial charge is 0.0636 e. The van der Waals surface area contributed by atoms with Gasteiger partial charge in [-0.2, -0.15) is 0 Å². The van der Waals surface area contributed by atoms with Gasteiger partial charge in [-0.05, 0) is 12.5 Å². The Morgan fingerprint density at radius 1 is 1.45 bits per heavy atom. The van der Waals surface area contributed by atoms with Gasteiger partial charge in [-0.1, -0.05) is 36.5 Å². The average molecular weight is 190 g/mol. The number of pyridine rings is 1. The Hall–Kier alpha value is -0.270. The summed E-state index contributed by atoms with van der Waals surface area (Å²) in [7, 11) is 0. The predicted molar refractivity (Wildman–Crippen MR) is 48.3 cm³/mol. The monoisotopic (exact) mass is 189 g/mol. The van der Waals surface area contributed by atoms with Gasteiger partial charge in [0.25, 0.3) is 0 Å². The molecule has 60 valence electrons. The summed E-state index contributed by atoms with van der Waals surface area (Å²) < 4.78 is 0. The van der Waals surface area contributed by atoms with Crippen LogP contribution in [0.1, 0.15) is 19.0 Å². The SMILES string of the molecule is CCCc1ncc(Cl)cc1Cl. The number of aryl methyl sites for hydroxylation is 1. The lowest BCUT2D eigenvalue weighted by Gasteiger charge is -2.00. The summed E-state index contributed by atoms with van der Waals surface area (Å²) in [5.74, 6) is 0. The normalized spacial score (nSPS) is 10.1. The number of rotatable bonds is 2. The molecular formula is C8H9Cl2N. The second-order valence-electron chi connectivity index (χ2n) is 2.33. The minimum Gasteiger partial charge on any atom is -0.258 e. The lowest BCUT2D eigenvalue weighted by atomic mass is 10.2. The topological polar surface area (TPSA) is 12.9 Å². The third kappa shape index (κ3) is 2.35. The summed E-state index contributed by atoms with van der Waals surface area (Å²) in [5.41, 5.74) is 0.929. The van der Waals surface area contributed by atoms with Crippen LogP contribution in [0.15, 0.2) is 12.3 Å². The van der Waals surface area contributed by atoms with Crippen LogP contribution in [0.3, 0.4) is 0 Å². The first kappa shape index (κ1) is 8.82. The molecule has 0 fully saturated rings. The van der Waals surface area contributed by atoms with Crippen molar-refractivity contribution in [1.29, 1.82) is 0 Å². The first-order valence-electron chi connectivity index (χ1n) is 3.54. The fourth-order valence-electron chi connectivity index (χ4n) is 0.864.